The molecule has 222 valence electrons. The van der Waals surface area contributed by atoms with Gasteiger partial charge in [0.25, 0.3) is 0 Å². The Morgan fingerprint density at radius 3 is 2.52 bits per heavy atom. The third-order valence-electron chi connectivity index (χ3n) is 7.03. The summed E-state index contributed by atoms with van der Waals surface area (Å²) >= 11 is 0. The standard InChI is InChI=1S/C34H51NO5/c1-7-27-15-10-11-16-28(27)18-14-22-34(5,6)35-24-30(36)25-40-26(4)32-23-31(38-8-2)21-20-29(32)17-12-13-19-33(37)39-9-3/h10-12,15-17,20-21,23,26,30,35-36H,7-9,13-14,18-19,22,24-25H2,1-6H3/b17-12+. The summed E-state index contributed by atoms with van der Waals surface area (Å²) in [5.41, 5.74) is 4.76. The highest BCUT2D eigenvalue weighted by Crippen LogP contribution is 2.28. The van der Waals surface area contributed by atoms with Crippen LogP contribution in [0.1, 0.15) is 95.6 Å². The molecule has 2 atom stereocenters. The van der Waals surface area contributed by atoms with E-state index in [-0.39, 0.29) is 24.2 Å². The fourth-order valence-electron chi connectivity index (χ4n) is 4.71. The van der Waals surface area contributed by atoms with Crippen LogP contribution in [0.4, 0.5) is 0 Å². The molecule has 2 unspecified atom stereocenters. The van der Waals surface area contributed by atoms with Gasteiger partial charge in [-0.25, -0.2) is 0 Å². The zero-order chi connectivity index (χ0) is 29.4. The molecule has 0 saturated carbocycles. The average molecular weight is 554 g/mol. The van der Waals surface area contributed by atoms with Gasteiger partial charge >= 0.3 is 5.97 Å². The first-order chi connectivity index (χ1) is 19.2. The molecule has 40 heavy (non-hydrogen) atoms. The van der Waals surface area contributed by atoms with E-state index in [9.17, 15) is 9.90 Å². The average Bonchev–Trinajstić information content (AvgIpc) is 2.94. The molecule has 0 spiro atoms. The van der Waals surface area contributed by atoms with Gasteiger partial charge in [0.2, 0.25) is 0 Å². The van der Waals surface area contributed by atoms with Crippen LogP contribution < -0.4 is 10.1 Å². The van der Waals surface area contributed by atoms with E-state index >= 15 is 0 Å². The Labute approximate surface area is 242 Å². The Morgan fingerprint density at radius 2 is 1.82 bits per heavy atom. The Morgan fingerprint density at radius 1 is 1.07 bits per heavy atom. The number of aliphatic hydroxyl groups excluding tert-OH is 1. The minimum Gasteiger partial charge on any atom is -0.494 e. The normalized spacial score (nSPS) is 13.4. The molecule has 2 N–H and O–H groups in total. The van der Waals surface area contributed by atoms with Crippen molar-refractivity contribution in [3.8, 4) is 5.75 Å². The van der Waals surface area contributed by atoms with Crippen LogP contribution in [0, 0.1) is 0 Å². The molecule has 0 bridgehead atoms. The van der Waals surface area contributed by atoms with Crippen LogP contribution in [0.3, 0.4) is 0 Å². The summed E-state index contributed by atoms with van der Waals surface area (Å²) in [5, 5.41) is 14.2. The second kappa shape index (κ2) is 17.9. The molecule has 0 aliphatic heterocycles. The van der Waals surface area contributed by atoms with E-state index in [1.165, 1.54) is 11.1 Å². The number of rotatable bonds is 19. The van der Waals surface area contributed by atoms with Gasteiger partial charge in [-0.1, -0.05) is 49.4 Å². The third-order valence-corrected chi connectivity index (χ3v) is 7.03. The van der Waals surface area contributed by atoms with Crippen LogP contribution in [0.5, 0.6) is 5.75 Å². The number of aliphatic hydroxyl groups is 1. The zero-order valence-corrected chi connectivity index (χ0v) is 25.5. The van der Waals surface area contributed by atoms with Gasteiger partial charge in [-0.15, -0.1) is 0 Å². The fraction of sp³-hybridized carbons (Fsp3) is 0.559. The lowest BCUT2D eigenvalue weighted by atomic mass is 9.93. The van der Waals surface area contributed by atoms with Crippen LogP contribution in [-0.4, -0.2) is 49.1 Å². The number of aryl methyl sites for hydroxylation is 2. The van der Waals surface area contributed by atoms with Crippen molar-refractivity contribution in [2.45, 2.75) is 97.8 Å². The fourth-order valence-corrected chi connectivity index (χ4v) is 4.71. The van der Waals surface area contributed by atoms with E-state index < -0.39 is 6.10 Å². The quantitative estimate of drug-likeness (QED) is 0.186. The second-order valence-electron chi connectivity index (χ2n) is 10.8. The van der Waals surface area contributed by atoms with E-state index in [4.69, 9.17) is 14.2 Å². The smallest absolute Gasteiger partial charge is 0.306 e. The summed E-state index contributed by atoms with van der Waals surface area (Å²) in [6.07, 6.45) is 8.31. The van der Waals surface area contributed by atoms with E-state index in [1.54, 1.807) is 0 Å². The van der Waals surface area contributed by atoms with Crippen molar-refractivity contribution in [2.24, 2.45) is 0 Å². The Bertz CT molecular complexity index is 1050. The number of carbonyl (C=O) groups excluding carboxylic acids is 1. The first-order valence-electron chi connectivity index (χ1n) is 14.9. The summed E-state index contributed by atoms with van der Waals surface area (Å²) in [6, 6.07) is 14.6. The van der Waals surface area contributed by atoms with Crippen LogP contribution in [0.25, 0.3) is 6.08 Å². The van der Waals surface area contributed by atoms with Crippen molar-refractivity contribution >= 4 is 12.0 Å². The first-order valence-corrected chi connectivity index (χ1v) is 14.9. The van der Waals surface area contributed by atoms with Gasteiger partial charge in [0, 0.05) is 18.5 Å². The SMILES string of the molecule is CCOC(=O)CC/C=C/c1ccc(OCC)cc1C(C)OCC(O)CNC(C)(C)CCCc1ccccc1CC. The minimum absolute atomic E-state index is 0.0822. The number of β-amino-alcohol motifs (C(OH)–C–C–N with tert-alkyl or cyclic N) is 1. The molecule has 0 aliphatic carbocycles. The van der Waals surface area contributed by atoms with Gasteiger partial charge in [0.15, 0.2) is 0 Å². The summed E-state index contributed by atoms with van der Waals surface area (Å²) < 4.78 is 16.8. The summed E-state index contributed by atoms with van der Waals surface area (Å²) in [7, 11) is 0. The predicted octanol–water partition coefficient (Wildman–Crippen LogP) is 6.83. The zero-order valence-electron chi connectivity index (χ0n) is 25.5. The molecule has 0 radical (unpaired) electrons. The van der Waals surface area contributed by atoms with Crippen molar-refractivity contribution in [3.63, 3.8) is 0 Å². The van der Waals surface area contributed by atoms with Crippen LogP contribution in [-0.2, 0) is 27.1 Å². The number of nitrogens with one attached hydrogen (secondary N) is 1. The number of allylic oxidation sites excluding steroid dienone is 1. The van der Waals surface area contributed by atoms with Gasteiger partial charge < -0.3 is 24.6 Å². The molecule has 0 heterocycles. The predicted molar refractivity (Wildman–Crippen MR) is 164 cm³/mol. The van der Waals surface area contributed by atoms with Gasteiger partial charge in [0.05, 0.1) is 32.0 Å². The van der Waals surface area contributed by atoms with E-state index in [2.05, 4.69) is 50.4 Å². The maximum Gasteiger partial charge on any atom is 0.306 e. The highest BCUT2D eigenvalue weighted by atomic mass is 16.5. The van der Waals surface area contributed by atoms with Crippen molar-refractivity contribution in [3.05, 3.63) is 70.8 Å². The van der Waals surface area contributed by atoms with Gasteiger partial charge in [-0.05, 0) is 101 Å². The summed E-state index contributed by atoms with van der Waals surface area (Å²) in [4.78, 5) is 11.6. The molecular formula is C34H51NO5. The molecule has 0 aromatic heterocycles. The monoisotopic (exact) mass is 553 g/mol. The molecule has 0 fully saturated rings. The second-order valence-corrected chi connectivity index (χ2v) is 10.8. The molecule has 6 heteroatoms. The van der Waals surface area contributed by atoms with Crippen LogP contribution >= 0.6 is 0 Å². The molecule has 2 aromatic rings. The summed E-state index contributed by atoms with van der Waals surface area (Å²) in [6.45, 7) is 14.0. The maximum absolute atomic E-state index is 11.6. The lowest BCUT2D eigenvalue weighted by Crippen LogP contribution is -2.44. The van der Waals surface area contributed by atoms with Crippen molar-refractivity contribution in [1.29, 1.82) is 0 Å². The Hall–Kier alpha value is -2.67. The maximum atomic E-state index is 11.6. The van der Waals surface area contributed by atoms with Gasteiger partial charge in [-0.3, -0.25) is 4.79 Å². The lowest BCUT2D eigenvalue weighted by Gasteiger charge is -2.28. The third kappa shape index (κ3) is 12.2. The number of ether oxygens (including phenoxy) is 3. The molecule has 0 saturated heterocycles. The molecule has 0 amide bonds. The number of carbonyl (C=O) groups is 1. The Balaban J connectivity index is 1.87. The largest absolute Gasteiger partial charge is 0.494 e. The summed E-state index contributed by atoms with van der Waals surface area (Å²) in [5.74, 6) is 0.588. The number of benzene rings is 2. The van der Waals surface area contributed by atoms with Gasteiger partial charge in [0.1, 0.15) is 5.75 Å². The molecular weight excluding hydrogens is 502 g/mol. The minimum atomic E-state index is -0.624. The van der Waals surface area contributed by atoms with Crippen molar-refractivity contribution < 1.29 is 24.1 Å². The van der Waals surface area contributed by atoms with Crippen LogP contribution in [0.2, 0.25) is 0 Å². The van der Waals surface area contributed by atoms with E-state index in [0.29, 0.717) is 32.6 Å². The first kappa shape index (κ1) is 33.5. The molecule has 0 aliphatic rings. The Kier molecular flexibility index (Phi) is 15.0. The lowest BCUT2D eigenvalue weighted by molar-refractivity contribution is -0.143. The number of esters is 1. The highest BCUT2D eigenvalue weighted by Gasteiger charge is 2.20. The van der Waals surface area contributed by atoms with E-state index in [0.717, 1.165) is 42.6 Å². The molecule has 2 aromatic carbocycles. The molecule has 6 nitrogen and oxygen atoms in total. The van der Waals surface area contributed by atoms with Crippen molar-refractivity contribution in [2.75, 3.05) is 26.4 Å². The highest BCUT2D eigenvalue weighted by molar-refractivity contribution is 5.69. The molecule has 2 rings (SSSR count). The topological polar surface area (TPSA) is 77.0 Å². The van der Waals surface area contributed by atoms with Crippen LogP contribution in [0.15, 0.2) is 48.5 Å². The van der Waals surface area contributed by atoms with Crippen molar-refractivity contribution in [1.82, 2.24) is 5.32 Å². The van der Waals surface area contributed by atoms with E-state index in [1.807, 2.05) is 51.1 Å². The number of hydrogen-bond acceptors (Lipinski definition) is 6. The van der Waals surface area contributed by atoms with Gasteiger partial charge in [-0.2, -0.15) is 0 Å². The number of hydrogen-bond donors (Lipinski definition) is 2.